The molecular formula is C16H21N3O2. The smallest absolute Gasteiger partial charge is 0.324 e. The number of piperidine rings is 2. The molecular weight excluding hydrogens is 266 g/mol. The minimum absolute atomic E-state index is 0.0392. The van der Waals surface area contributed by atoms with Gasteiger partial charge in [-0.2, -0.15) is 0 Å². The highest BCUT2D eigenvalue weighted by Gasteiger charge is 2.39. The highest BCUT2D eigenvalue weighted by atomic mass is 16.2. The Morgan fingerprint density at radius 2 is 2.10 bits per heavy atom. The van der Waals surface area contributed by atoms with Gasteiger partial charge in [-0.05, 0) is 31.4 Å². The molecule has 3 amide bonds. The number of benzene rings is 1. The summed E-state index contributed by atoms with van der Waals surface area (Å²) in [5, 5.41) is 6.11. The fourth-order valence-corrected chi connectivity index (χ4v) is 3.09. The maximum Gasteiger partial charge on any atom is 0.324 e. The van der Waals surface area contributed by atoms with E-state index in [-0.39, 0.29) is 17.9 Å². The number of hydrogen-bond donors (Lipinski definition) is 2. The zero-order valence-corrected chi connectivity index (χ0v) is 12.3. The molecule has 2 unspecified atom stereocenters. The van der Waals surface area contributed by atoms with Crippen LogP contribution in [0, 0.1) is 18.8 Å². The normalized spacial score (nSPS) is 24.8. The summed E-state index contributed by atoms with van der Waals surface area (Å²) in [7, 11) is 0. The van der Waals surface area contributed by atoms with Gasteiger partial charge in [-0.1, -0.05) is 29.8 Å². The number of urea groups is 1. The Kier molecular flexibility index (Phi) is 3.92. The Bertz CT molecular complexity index is 541. The van der Waals surface area contributed by atoms with Gasteiger partial charge in [0.25, 0.3) is 0 Å². The molecule has 0 saturated carbocycles. The van der Waals surface area contributed by atoms with Gasteiger partial charge >= 0.3 is 6.03 Å². The van der Waals surface area contributed by atoms with Crippen molar-refractivity contribution in [2.45, 2.75) is 19.9 Å². The van der Waals surface area contributed by atoms with Crippen molar-refractivity contribution in [2.24, 2.45) is 11.8 Å². The van der Waals surface area contributed by atoms with E-state index in [1.807, 2.05) is 31.2 Å². The lowest BCUT2D eigenvalue weighted by Gasteiger charge is -2.39. The van der Waals surface area contributed by atoms with Crippen molar-refractivity contribution in [1.82, 2.24) is 15.5 Å². The summed E-state index contributed by atoms with van der Waals surface area (Å²) in [5.74, 6) is 0.314. The minimum atomic E-state index is -0.267. The first-order valence-electron chi connectivity index (χ1n) is 7.49. The van der Waals surface area contributed by atoms with Crippen LogP contribution >= 0.6 is 0 Å². The summed E-state index contributed by atoms with van der Waals surface area (Å²) in [6.45, 7) is 4.60. The first-order valence-corrected chi connectivity index (χ1v) is 7.49. The third-order valence-electron chi connectivity index (χ3n) is 4.31. The molecule has 1 aromatic rings. The highest BCUT2D eigenvalue weighted by Crippen LogP contribution is 2.25. The van der Waals surface area contributed by atoms with E-state index in [0.717, 1.165) is 18.5 Å². The van der Waals surface area contributed by atoms with Crippen molar-refractivity contribution in [3.05, 3.63) is 35.4 Å². The molecule has 2 N–H and O–H groups in total. The second kappa shape index (κ2) is 5.85. The number of carbonyl (C=O) groups is 2. The molecule has 2 atom stereocenters. The molecule has 5 nitrogen and oxygen atoms in total. The number of imide groups is 1. The molecule has 0 aromatic heterocycles. The number of hydrogen-bond acceptors (Lipinski definition) is 3. The Morgan fingerprint density at radius 3 is 2.86 bits per heavy atom. The van der Waals surface area contributed by atoms with Crippen LogP contribution < -0.4 is 10.6 Å². The van der Waals surface area contributed by atoms with Gasteiger partial charge in [0, 0.05) is 19.6 Å². The first-order chi connectivity index (χ1) is 10.1. The number of rotatable bonds is 2. The van der Waals surface area contributed by atoms with Crippen molar-refractivity contribution >= 4 is 11.9 Å². The molecule has 3 rings (SSSR count). The summed E-state index contributed by atoms with van der Waals surface area (Å²) < 4.78 is 0. The molecule has 2 heterocycles. The standard InChI is InChI=1S/C16H21N3O2/c1-11-2-4-12(5-3-11)8-18-16(21)19-10-13-6-14(15(19)20)9-17-7-13/h2-5,13-14,17H,6-10H2,1H3,(H,18,21). The molecule has 0 radical (unpaired) electrons. The Balaban J connectivity index is 1.59. The monoisotopic (exact) mass is 287 g/mol. The van der Waals surface area contributed by atoms with E-state index >= 15 is 0 Å². The fourth-order valence-electron chi connectivity index (χ4n) is 3.09. The van der Waals surface area contributed by atoms with E-state index in [1.165, 1.54) is 10.5 Å². The summed E-state index contributed by atoms with van der Waals surface area (Å²) in [5.41, 5.74) is 2.23. The van der Waals surface area contributed by atoms with Crippen molar-refractivity contribution in [1.29, 1.82) is 0 Å². The van der Waals surface area contributed by atoms with Crippen molar-refractivity contribution in [3.8, 4) is 0 Å². The van der Waals surface area contributed by atoms with Gasteiger partial charge in [0.15, 0.2) is 0 Å². The predicted molar refractivity (Wildman–Crippen MR) is 79.6 cm³/mol. The second-order valence-electron chi connectivity index (χ2n) is 6.05. The maximum atomic E-state index is 12.3. The zero-order valence-electron chi connectivity index (χ0n) is 12.3. The highest BCUT2D eigenvalue weighted by molar-refractivity contribution is 5.96. The van der Waals surface area contributed by atoms with Crippen LogP contribution in [0.2, 0.25) is 0 Å². The molecule has 21 heavy (non-hydrogen) atoms. The lowest BCUT2D eigenvalue weighted by molar-refractivity contribution is -0.137. The van der Waals surface area contributed by atoms with Crippen molar-refractivity contribution < 1.29 is 9.59 Å². The fraction of sp³-hybridized carbons (Fsp3) is 0.500. The molecule has 2 fully saturated rings. The van der Waals surface area contributed by atoms with Gasteiger partial charge in [0.05, 0.1) is 5.92 Å². The van der Waals surface area contributed by atoms with Crippen LogP contribution in [0.3, 0.4) is 0 Å². The second-order valence-corrected chi connectivity index (χ2v) is 6.05. The van der Waals surface area contributed by atoms with Crippen LogP contribution in [0.5, 0.6) is 0 Å². The van der Waals surface area contributed by atoms with Crippen molar-refractivity contribution in [2.75, 3.05) is 19.6 Å². The Hall–Kier alpha value is -1.88. The summed E-state index contributed by atoms with van der Waals surface area (Å²) >= 11 is 0. The molecule has 2 aliphatic rings. The van der Waals surface area contributed by atoms with E-state index in [4.69, 9.17) is 0 Å². The number of amides is 3. The average Bonchev–Trinajstić information content (AvgIpc) is 2.50. The molecule has 2 aliphatic heterocycles. The van der Waals surface area contributed by atoms with E-state index in [9.17, 15) is 9.59 Å². The molecule has 112 valence electrons. The topological polar surface area (TPSA) is 61.4 Å². The van der Waals surface area contributed by atoms with E-state index < -0.39 is 0 Å². The number of nitrogens with one attached hydrogen (secondary N) is 2. The number of aryl methyl sites for hydroxylation is 1. The summed E-state index contributed by atoms with van der Waals surface area (Å²) in [4.78, 5) is 25.9. The van der Waals surface area contributed by atoms with E-state index in [2.05, 4.69) is 10.6 Å². The molecule has 0 spiro atoms. The summed E-state index contributed by atoms with van der Waals surface area (Å²) in [6.07, 6.45) is 0.910. The molecule has 0 aliphatic carbocycles. The third-order valence-corrected chi connectivity index (χ3v) is 4.31. The van der Waals surface area contributed by atoms with E-state index in [0.29, 0.717) is 25.6 Å². The molecule has 5 heteroatoms. The average molecular weight is 287 g/mol. The quantitative estimate of drug-likeness (QED) is 0.861. The Labute approximate surface area is 124 Å². The van der Waals surface area contributed by atoms with Gasteiger partial charge in [-0.25, -0.2) is 4.79 Å². The molecule has 2 bridgehead atoms. The van der Waals surface area contributed by atoms with Gasteiger partial charge in [-0.3, -0.25) is 9.69 Å². The van der Waals surface area contributed by atoms with Crippen LogP contribution in [-0.4, -0.2) is 36.5 Å². The number of carbonyl (C=O) groups excluding carboxylic acids is 2. The molecule has 1 aromatic carbocycles. The van der Waals surface area contributed by atoms with Gasteiger partial charge in [0.1, 0.15) is 0 Å². The SMILES string of the molecule is Cc1ccc(CNC(=O)N2CC3CNCC(C3)C2=O)cc1. The number of fused-ring (bicyclic) bond motifs is 2. The predicted octanol–water partition coefficient (Wildman–Crippen LogP) is 1.27. The first kappa shape index (κ1) is 14.1. The lowest BCUT2D eigenvalue weighted by Crippen LogP contribution is -2.58. The minimum Gasteiger partial charge on any atom is -0.334 e. The van der Waals surface area contributed by atoms with Gasteiger partial charge < -0.3 is 10.6 Å². The largest absolute Gasteiger partial charge is 0.334 e. The third kappa shape index (κ3) is 3.08. The van der Waals surface area contributed by atoms with Crippen LogP contribution in [-0.2, 0) is 11.3 Å². The van der Waals surface area contributed by atoms with Crippen LogP contribution in [0.1, 0.15) is 17.5 Å². The molecule has 2 saturated heterocycles. The zero-order chi connectivity index (χ0) is 14.8. The van der Waals surface area contributed by atoms with Crippen LogP contribution in [0.15, 0.2) is 24.3 Å². The Morgan fingerprint density at radius 1 is 1.33 bits per heavy atom. The van der Waals surface area contributed by atoms with Gasteiger partial charge in [0.2, 0.25) is 5.91 Å². The number of nitrogens with zero attached hydrogens (tertiary/aromatic N) is 1. The van der Waals surface area contributed by atoms with Crippen LogP contribution in [0.25, 0.3) is 0 Å². The van der Waals surface area contributed by atoms with Gasteiger partial charge in [-0.15, -0.1) is 0 Å². The maximum absolute atomic E-state index is 12.3. The van der Waals surface area contributed by atoms with Crippen molar-refractivity contribution in [3.63, 3.8) is 0 Å². The van der Waals surface area contributed by atoms with Crippen LogP contribution in [0.4, 0.5) is 4.79 Å². The lowest BCUT2D eigenvalue weighted by atomic mass is 9.85. The van der Waals surface area contributed by atoms with E-state index in [1.54, 1.807) is 0 Å². The summed E-state index contributed by atoms with van der Waals surface area (Å²) in [6, 6.07) is 7.75. The number of likely N-dealkylation sites (tertiary alicyclic amines) is 1.